The van der Waals surface area contributed by atoms with Gasteiger partial charge < -0.3 is 15.8 Å². The fourth-order valence-corrected chi connectivity index (χ4v) is 2.61. The number of nitrogen functional groups attached to an aromatic ring is 1. The van der Waals surface area contributed by atoms with Gasteiger partial charge in [0.05, 0.1) is 13.2 Å². The minimum Gasteiger partial charge on any atom is -0.398 e. The van der Waals surface area contributed by atoms with E-state index in [0.717, 1.165) is 30.8 Å². The summed E-state index contributed by atoms with van der Waals surface area (Å²) in [6, 6.07) is 5.23. The van der Waals surface area contributed by atoms with Crippen molar-refractivity contribution >= 4 is 27.5 Å². The molecule has 3 N–H and O–H groups in total. The summed E-state index contributed by atoms with van der Waals surface area (Å²) in [6.07, 6.45) is 0. The summed E-state index contributed by atoms with van der Waals surface area (Å²) in [7, 11) is 0. The van der Waals surface area contributed by atoms with Crippen molar-refractivity contribution in [2.24, 2.45) is 0 Å². The van der Waals surface area contributed by atoms with E-state index in [1.165, 1.54) is 0 Å². The van der Waals surface area contributed by atoms with Crippen LogP contribution in [0.3, 0.4) is 0 Å². The molecule has 1 aliphatic heterocycles. The van der Waals surface area contributed by atoms with Crippen molar-refractivity contribution in [1.29, 1.82) is 0 Å². The molecule has 1 amide bonds. The van der Waals surface area contributed by atoms with Crippen LogP contribution >= 0.6 is 15.9 Å². The van der Waals surface area contributed by atoms with Gasteiger partial charge >= 0.3 is 0 Å². The number of benzene rings is 1. The van der Waals surface area contributed by atoms with Gasteiger partial charge in [-0.3, -0.25) is 9.69 Å². The van der Waals surface area contributed by atoms with Crippen molar-refractivity contribution < 1.29 is 9.53 Å². The second-order valence-corrected chi connectivity index (χ2v) is 6.69. The van der Waals surface area contributed by atoms with Gasteiger partial charge in [-0.2, -0.15) is 0 Å². The summed E-state index contributed by atoms with van der Waals surface area (Å²) in [6.45, 7) is 8.15. The molecule has 0 spiro atoms. The molecule has 0 atom stereocenters. The molecule has 1 saturated heterocycles. The smallest absolute Gasteiger partial charge is 0.251 e. The first-order valence-electron chi connectivity index (χ1n) is 7.06. The first kappa shape index (κ1) is 16.3. The van der Waals surface area contributed by atoms with Gasteiger partial charge in [-0.1, -0.05) is 0 Å². The van der Waals surface area contributed by atoms with Gasteiger partial charge in [0.1, 0.15) is 0 Å². The van der Waals surface area contributed by atoms with Crippen molar-refractivity contribution in [2.45, 2.75) is 19.4 Å². The fourth-order valence-electron chi connectivity index (χ4n) is 2.36. The van der Waals surface area contributed by atoms with Crippen molar-refractivity contribution in [2.75, 3.05) is 38.6 Å². The molecule has 116 valence electrons. The third kappa shape index (κ3) is 4.18. The van der Waals surface area contributed by atoms with Crippen LogP contribution in [-0.4, -0.2) is 49.2 Å². The number of ether oxygens (including phenoxy) is 1. The molecule has 0 aliphatic carbocycles. The van der Waals surface area contributed by atoms with Gasteiger partial charge in [-0.25, -0.2) is 0 Å². The number of nitrogens with one attached hydrogen (secondary N) is 1. The number of hydrogen-bond acceptors (Lipinski definition) is 4. The minimum atomic E-state index is -0.101. The van der Waals surface area contributed by atoms with E-state index in [1.807, 2.05) is 0 Å². The number of anilines is 1. The summed E-state index contributed by atoms with van der Waals surface area (Å²) in [5.74, 6) is -0.101. The van der Waals surface area contributed by atoms with E-state index in [1.54, 1.807) is 18.2 Å². The molecular formula is C15H22BrN3O2. The Bertz CT molecular complexity index is 514. The first-order valence-corrected chi connectivity index (χ1v) is 7.85. The van der Waals surface area contributed by atoms with Gasteiger partial charge in [0, 0.05) is 40.9 Å². The third-order valence-corrected chi connectivity index (χ3v) is 4.53. The fraction of sp³-hybridized carbons (Fsp3) is 0.533. The highest BCUT2D eigenvalue weighted by atomic mass is 79.9. The molecule has 1 aromatic rings. The number of nitrogens with two attached hydrogens (primary N) is 1. The summed E-state index contributed by atoms with van der Waals surface area (Å²) in [4.78, 5) is 14.6. The number of carbonyl (C=O) groups excluding carboxylic acids is 1. The summed E-state index contributed by atoms with van der Waals surface area (Å²) in [5.41, 5.74) is 6.85. The average molecular weight is 356 g/mol. The molecule has 0 radical (unpaired) electrons. The molecule has 2 rings (SSSR count). The quantitative estimate of drug-likeness (QED) is 0.809. The second-order valence-electron chi connectivity index (χ2n) is 5.83. The molecule has 1 aromatic carbocycles. The highest BCUT2D eigenvalue weighted by Crippen LogP contribution is 2.20. The van der Waals surface area contributed by atoms with Gasteiger partial charge in [0.25, 0.3) is 5.91 Å². The Morgan fingerprint density at radius 1 is 1.43 bits per heavy atom. The van der Waals surface area contributed by atoms with Crippen molar-refractivity contribution in [1.82, 2.24) is 10.2 Å². The normalized spacial score (nSPS) is 16.7. The third-order valence-electron chi connectivity index (χ3n) is 3.81. The number of rotatable bonds is 4. The number of carbonyl (C=O) groups is 1. The highest BCUT2D eigenvalue weighted by molar-refractivity contribution is 9.10. The Balaban J connectivity index is 1.94. The van der Waals surface area contributed by atoms with Crippen LogP contribution in [0.1, 0.15) is 24.2 Å². The molecular weight excluding hydrogens is 334 g/mol. The van der Waals surface area contributed by atoms with E-state index in [9.17, 15) is 4.79 Å². The minimum absolute atomic E-state index is 0.0969. The molecule has 1 heterocycles. The van der Waals surface area contributed by atoms with E-state index in [0.29, 0.717) is 17.8 Å². The average Bonchev–Trinajstić information content (AvgIpc) is 2.48. The molecule has 1 fully saturated rings. The molecule has 6 heteroatoms. The molecule has 0 bridgehead atoms. The van der Waals surface area contributed by atoms with Crippen molar-refractivity contribution in [3.63, 3.8) is 0 Å². The maximum atomic E-state index is 12.2. The van der Waals surface area contributed by atoms with Crippen LogP contribution in [0, 0.1) is 0 Å². The van der Waals surface area contributed by atoms with E-state index in [2.05, 4.69) is 40.0 Å². The molecule has 21 heavy (non-hydrogen) atoms. The zero-order chi connectivity index (χ0) is 15.5. The van der Waals surface area contributed by atoms with Crippen LogP contribution < -0.4 is 11.1 Å². The largest absolute Gasteiger partial charge is 0.398 e. The number of morpholine rings is 1. The van der Waals surface area contributed by atoms with E-state index in [4.69, 9.17) is 10.5 Å². The SMILES string of the molecule is CC(C)(CNC(=O)c1ccc(Br)c(N)c1)N1CCOCC1. The van der Waals surface area contributed by atoms with Crippen LogP contribution in [0.4, 0.5) is 5.69 Å². The van der Waals surface area contributed by atoms with E-state index in [-0.39, 0.29) is 11.4 Å². The topological polar surface area (TPSA) is 67.6 Å². The number of amides is 1. The van der Waals surface area contributed by atoms with Crippen LogP contribution in [0.15, 0.2) is 22.7 Å². The predicted molar refractivity (Wildman–Crippen MR) is 87.4 cm³/mol. The molecule has 0 aromatic heterocycles. The van der Waals surface area contributed by atoms with Crippen LogP contribution in [0.2, 0.25) is 0 Å². The summed E-state index contributed by atoms with van der Waals surface area (Å²) < 4.78 is 6.17. The highest BCUT2D eigenvalue weighted by Gasteiger charge is 2.28. The van der Waals surface area contributed by atoms with Crippen molar-refractivity contribution in [3.05, 3.63) is 28.2 Å². The zero-order valence-corrected chi connectivity index (χ0v) is 14.1. The molecule has 5 nitrogen and oxygen atoms in total. The predicted octanol–water partition coefficient (Wildman–Crippen LogP) is 1.87. The number of nitrogens with zero attached hydrogens (tertiary/aromatic N) is 1. The number of hydrogen-bond donors (Lipinski definition) is 2. The lowest BCUT2D eigenvalue weighted by atomic mass is 10.0. The Hall–Kier alpha value is -1.11. The van der Waals surface area contributed by atoms with Gasteiger partial charge in [-0.05, 0) is 48.0 Å². The second kappa shape index (κ2) is 6.77. The first-order chi connectivity index (χ1) is 9.90. The number of halogens is 1. The van der Waals surface area contributed by atoms with E-state index < -0.39 is 0 Å². The zero-order valence-electron chi connectivity index (χ0n) is 12.5. The summed E-state index contributed by atoms with van der Waals surface area (Å²) >= 11 is 3.33. The lowest BCUT2D eigenvalue weighted by molar-refractivity contribution is -0.00923. The maximum Gasteiger partial charge on any atom is 0.251 e. The van der Waals surface area contributed by atoms with Crippen molar-refractivity contribution in [3.8, 4) is 0 Å². The standard InChI is InChI=1S/C15H22BrN3O2/c1-15(2,19-5-7-21-8-6-19)10-18-14(20)11-3-4-12(16)13(17)9-11/h3-4,9H,5-8,10,17H2,1-2H3,(H,18,20). The maximum absolute atomic E-state index is 12.2. The van der Waals surface area contributed by atoms with Gasteiger partial charge in [-0.15, -0.1) is 0 Å². The molecule has 1 aliphatic rings. The lowest BCUT2D eigenvalue weighted by Gasteiger charge is -2.40. The Kier molecular flexibility index (Phi) is 5.24. The van der Waals surface area contributed by atoms with E-state index >= 15 is 0 Å². The van der Waals surface area contributed by atoms with Crippen LogP contribution in [0.25, 0.3) is 0 Å². The van der Waals surface area contributed by atoms with Crippen LogP contribution in [0.5, 0.6) is 0 Å². The Morgan fingerprint density at radius 2 is 2.10 bits per heavy atom. The molecule has 0 unspecified atom stereocenters. The van der Waals surface area contributed by atoms with Crippen LogP contribution in [-0.2, 0) is 4.74 Å². The summed E-state index contributed by atoms with van der Waals surface area (Å²) in [5, 5.41) is 2.99. The van der Waals surface area contributed by atoms with Gasteiger partial charge in [0.15, 0.2) is 0 Å². The lowest BCUT2D eigenvalue weighted by Crippen LogP contribution is -2.55. The Morgan fingerprint density at radius 3 is 2.71 bits per heavy atom. The molecule has 0 saturated carbocycles. The Labute approximate surface area is 134 Å². The monoisotopic (exact) mass is 355 g/mol. The van der Waals surface area contributed by atoms with Gasteiger partial charge in [0.2, 0.25) is 0 Å².